The summed E-state index contributed by atoms with van der Waals surface area (Å²) in [5.41, 5.74) is 14.2. The highest BCUT2D eigenvalue weighted by Gasteiger charge is 2.26. The Morgan fingerprint density at radius 2 is 0.449 bits per heavy atom. The summed E-state index contributed by atoms with van der Waals surface area (Å²) in [6.45, 7) is 24.4. The van der Waals surface area contributed by atoms with E-state index in [1.165, 1.54) is 158 Å². The van der Waals surface area contributed by atoms with Gasteiger partial charge in [-0.15, -0.1) is 0 Å². The number of hydrogen-bond acceptors (Lipinski definition) is 5. The SMILES string of the molecule is COc1cc2c(cc1C)c1c(C)c(C)cc3c4cc(OC)c(OC)cc4c4c(C)c(C)cc2c4c31.COc1cc2c3cc(C)c(C)cc3c3c(C)c(C)cc4c5cc(C)c(C)cc5c(c1OC)c2c43. The Bertz CT molecular complexity index is 4200. The van der Waals surface area contributed by atoms with Crippen LogP contribution in [0.4, 0.5) is 0 Å². The number of benzene rings is 12. The molecule has 0 aliphatic carbocycles. The maximum absolute atomic E-state index is 6.06. The summed E-state index contributed by atoms with van der Waals surface area (Å²) in [5.74, 6) is 4.02. The molecule has 0 unspecified atom stereocenters. The van der Waals surface area contributed by atoms with Crippen LogP contribution in [0.5, 0.6) is 28.7 Å². The van der Waals surface area contributed by atoms with E-state index in [4.69, 9.17) is 23.7 Å². The molecule has 0 atom stereocenters. The summed E-state index contributed by atoms with van der Waals surface area (Å²) in [4.78, 5) is 0. The van der Waals surface area contributed by atoms with Crippen molar-refractivity contribution in [1.82, 2.24) is 0 Å². The minimum Gasteiger partial charge on any atom is -0.496 e. The van der Waals surface area contributed by atoms with Crippen LogP contribution >= 0.6 is 0 Å². The lowest BCUT2D eigenvalue weighted by Gasteiger charge is -2.23. The second kappa shape index (κ2) is 15.6. The topological polar surface area (TPSA) is 46.2 Å². The molecule has 0 aliphatic rings. The predicted octanol–water partition coefficient (Wildman–Crippen LogP) is 17.2. The summed E-state index contributed by atoms with van der Waals surface area (Å²) in [7, 11) is 8.65. The predicted molar refractivity (Wildman–Crippen MR) is 295 cm³/mol. The quantitative estimate of drug-likeness (QED) is 0.127. The molecule has 0 heterocycles. The van der Waals surface area contributed by atoms with Gasteiger partial charge in [-0.1, -0.05) is 42.5 Å². The van der Waals surface area contributed by atoms with Crippen molar-refractivity contribution >= 4 is 108 Å². The second-order valence-corrected chi connectivity index (χ2v) is 19.8. The molecule has 0 radical (unpaired) electrons. The van der Waals surface area contributed by atoms with Crippen LogP contribution in [-0.4, -0.2) is 35.5 Å². The first-order valence-electron chi connectivity index (χ1n) is 24.0. The molecule has 0 saturated heterocycles. The van der Waals surface area contributed by atoms with Gasteiger partial charge in [-0.3, -0.25) is 0 Å². The summed E-state index contributed by atoms with van der Waals surface area (Å²) in [6, 6.07) is 27.5. The molecule has 346 valence electrons. The van der Waals surface area contributed by atoms with Gasteiger partial charge in [-0.2, -0.15) is 0 Å². The lowest BCUT2D eigenvalue weighted by Crippen LogP contribution is -1.99. The first-order valence-corrected chi connectivity index (χ1v) is 24.0. The monoisotopic (exact) mass is 908 g/mol. The third kappa shape index (κ3) is 6.01. The maximum atomic E-state index is 6.06. The molecule has 69 heavy (non-hydrogen) atoms. The number of rotatable bonds is 5. The zero-order valence-corrected chi connectivity index (χ0v) is 43.0. The fourth-order valence-corrected chi connectivity index (χ4v) is 12.0. The van der Waals surface area contributed by atoms with Crippen LogP contribution in [0.15, 0.2) is 72.8 Å². The average molecular weight is 909 g/mol. The van der Waals surface area contributed by atoms with E-state index in [1.807, 2.05) is 0 Å². The summed E-state index contributed by atoms with van der Waals surface area (Å²) in [6.07, 6.45) is 0. The largest absolute Gasteiger partial charge is 0.496 e. The third-order valence-corrected chi connectivity index (χ3v) is 16.3. The first-order chi connectivity index (χ1) is 33.1. The number of hydrogen-bond donors (Lipinski definition) is 0. The zero-order chi connectivity index (χ0) is 48.8. The Labute approximate surface area is 404 Å². The minimum atomic E-state index is 0.752. The number of fused-ring (bicyclic) bond motifs is 12. The van der Waals surface area contributed by atoms with Crippen molar-refractivity contribution in [3.8, 4) is 28.7 Å². The number of aryl methyl sites for hydroxylation is 11. The normalized spacial score (nSPS) is 12.1. The summed E-state index contributed by atoms with van der Waals surface area (Å²) < 4.78 is 29.2. The van der Waals surface area contributed by atoms with E-state index in [9.17, 15) is 0 Å². The molecule has 12 rings (SSSR count). The Kier molecular flexibility index (Phi) is 10.0. The zero-order valence-electron chi connectivity index (χ0n) is 43.0. The summed E-state index contributed by atoms with van der Waals surface area (Å²) >= 11 is 0. The molecule has 12 aromatic carbocycles. The average Bonchev–Trinajstić information content (AvgIpc) is 3.33. The van der Waals surface area contributed by atoms with Gasteiger partial charge in [-0.05, 0) is 265 Å². The Morgan fingerprint density at radius 1 is 0.203 bits per heavy atom. The molecule has 0 N–H and O–H groups in total. The van der Waals surface area contributed by atoms with Crippen LogP contribution in [-0.2, 0) is 0 Å². The lowest BCUT2D eigenvalue weighted by atomic mass is 9.81. The van der Waals surface area contributed by atoms with E-state index < -0.39 is 0 Å². The van der Waals surface area contributed by atoms with Gasteiger partial charge in [0.25, 0.3) is 0 Å². The van der Waals surface area contributed by atoms with Crippen molar-refractivity contribution in [2.24, 2.45) is 0 Å². The van der Waals surface area contributed by atoms with Crippen LogP contribution < -0.4 is 23.7 Å². The Morgan fingerprint density at radius 3 is 0.841 bits per heavy atom. The maximum Gasteiger partial charge on any atom is 0.169 e. The van der Waals surface area contributed by atoms with Gasteiger partial charge in [0.05, 0.1) is 35.5 Å². The van der Waals surface area contributed by atoms with E-state index in [-0.39, 0.29) is 0 Å². The molecular formula is C64H60O5. The molecule has 5 heteroatoms. The second-order valence-electron chi connectivity index (χ2n) is 19.8. The fourth-order valence-electron chi connectivity index (χ4n) is 12.0. The first kappa shape index (κ1) is 44.3. The molecule has 0 amide bonds. The van der Waals surface area contributed by atoms with Gasteiger partial charge < -0.3 is 23.7 Å². The van der Waals surface area contributed by atoms with Gasteiger partial charge in [0.15, 0.2) is 23.0 Å². The highest BCUT2D eigenvalue weighted by atomic mass is 16.5. The van der Waals surface area contributed by atoms with Crippen molar-refractivity contribution in [2.45, 2.75) is 76.2 Å². The van der Waals surface area contributed by atoms with Crippen molar-refractivity contribution in [2.75, 3.05) is 35.5 Å². The van der Waals surface area contributed by atoms with Crippen molar-refractivity contribution in [3.63, 3.8) is 0 Å². The van der Waals surface area contributed by atoms with Crippen LogP contribution in [0.3, 0.4) is 0 Å². The van der Waals surface area contributed by atoms with E-state index in [2.05, 4.69) is 149 Å². The van der Waals surface area contributed by atoms with Crippen LogP contribution in [0.25, 0.3) is 108 Å². The van der Waals surface area contributed by atoms with Gasteiger partial charge in [-0.25, -0.2) is 0 Å². The third-order valence-electron chi connectivity index (χ3n) is 16.3. The molecule has 0 bridgehead atoms. The molecule has 12 aromatic rings. The van der Waals surface area contributed by atoms with E-state index >= 15 is 0 Å². The van der Waals surface area contributed by atoms with Crippen molar-refractivity contribution in [1.29, 1.82) is 0 Å². The van der Waals surface area contributed by atoms with Crippen LogP contribution in [0.1, 0.15) is 61.2 Å². The standard InChI is InChI=1S/C32H30O3.C32H30O2/c1-15-10-24-21-13-27(34-7)28(35-8)14-25(21)30-19(5)16(2)9-23-20-12-26(33-6)17(3)11-22(20)29(18(15)4)31(24)32(23)30;1-15-9-21-23(11-17(15)3)28-20(6)19(5)13-24-22-10-16(2)18(4)12-25(22)31-30(29(24)28)26(21)14-27(33-7)32(31)34-8/h9-14H,1-8H3;9-14H,1-8H3. The van der Waals surface area contributed by atoms with Crippen LogP contribution in [0.2, 0.25) is 0 Å². The molecule has 0 aromatic heterocycles. The highest BCUT2D eigenvalue weighted by Crippen LogP contribution is 2.54. The highest BCUT2D eigenvalue weighted by molar-refractivity contribution is 6.43. The molecular weight excluding hydrogens is 849 g/mol. The minimum absolute atomic E-state index is 0.752. The number of methoxy groups -OCH3 is 5. The number of ether oxygens (including phenoxy) is 5. The van der Waals surface area contributed by atoms with E-state index in [0.29, 0.717) is 0 Å². The smallest absolute Gasteiger partial charge is 0.169 e. The molecule has 0 fully saturated rings. The van der Waals surface area contributed by atoms with Crippen molar-refractivity contribution < 1.29 is 23.7 Å². The molecule has 0 spiro atoms. The lowest BCUT2D eigenvalue weighted by molar-refractivity contribution is 0.356. The van der Waals surface area contributed by atoms with Gasteiger partial charge in [0, 0.05) is 10.8 Å². The summed E-state index contributed by atoms with van der Waals surface area (Å²) in [5, 5.41) is 25.5. The fraction of sp³-hybridized carbons (Fsp3) is 0.250. The Hall–Kier alpha value is -7.24. The van der Waals surface area contributed by atoms with Crippen LogP contribution in [0, 0.1) is 76.2 Å². The Balaban J connectivity index is 0.000000151. The molecule has 0 saturated carbocycles. The van der Waals surface area contributed by atoms with Crippen molar-refractivity contribution in [3.05, 3.63) is 134 Å². The molecule has 0 aliphatic heterocycles. The van der Waals surface area contributed by atoms with Gasteiger partial charge >= 0.3 is 0 Å². The van der Waals surface area contributed by atoms with Gasteiger partial charge in [0.1, 0.15) is 5.75 Å². The van der Waals surface area contributed by atoms with E-state index in [1.54, 1.807) is 35.5 Å². The molecule has 5 nitrogen and oxygen atoms in total. The van der Waals surface area contributed by atoms with E-state index in [0.717, 1.165) is 39.7 Å². The van der Waals surface area contributed by atoms with Gasteiger partial charge in [0.2, 0.25) is 0 Å².